The number of benzene rings is 2. The van der Waals surface area contributed by atoms with Gasteiger partial charge in [0.05, 0.1) is 17.8 Å². The molecule has 8 nitrogen and oxygen atoms in total. The van der Waals surface area contributed by atoms with Gasteiger partial charge in [-0.2, -0.15) is 0 Å². The Labute approximate surface area is 209 Å². The first-order valence-electron chi connectivity index (χ1n) is 11.9. The molecule has 0 spiro atoms. The summed E-state index contributed by atoms with van der Waals surface area (Å²) in [5, 5.41) is 13.1. The monoisotopic (exact) mass is 490 g/mol. The Bertz CT molecular complexity index is 1350. The Morgan fingerprint density at radius 2 is 1.80 bits per heavy atom. The molecule has 0 unspecified atom stereocenters. The van der Waals surface area contributed by atoms with Crippen LogP contribution in [0.15, 0.2) is 53.7 Å². The Hall–Kier alpha value is -3.46. The number of fused-ring (bicyclic) bond motifs is 3. The minimum Gasteiger partial charge on any atom is -0.333 e. The molecule has 4 aromatic rings. The highest BCUT2D eigenvalue weighted by atomic mass is 32.2. The molecule has 35 heavy (non-hydrogen) atoms. The molecule has 0 bridgehead atoms. The van der Waals surface area contributed by atoms with Crippen LogP contribution >= 0.6 is 11.8 Å². The first-order chi connectivity index (χ1) is 17.0. The van der Waals surface area contributed by atoms with Gasteiger partial charge >= 0.3 is 0 Å². The standard InChI is InChI=1S/C26H30N6O2S/c1-4-14-31(16-22(33)27-20-12-8-6-10-18(20)3)23(34)17-35-26-28-25-24(29-30-26)19-11-7-9-13-21(19)32(25)15-5-2/h6-13H,4-5,14-17H2,1-3H3,(H,27,33). The zero-order valence-corrected chi connectivity index (χ0v) is 21.1. The second-order valence-electron chi connectivity index (χ2n) is 8.40. The summed E-state index contributed by atoms with van der Waals surface area (Å²) in [6, 6.07) is 15.7. The average molecular weight is 491 g/mol. The van der Waals surface area contributed by atoms with Crippen molar-refractivity contribution < 1.29 is 9.59 Å². The highest BCUT2D eigenvalue weighted by Gasteiger charge is 2.19. The van der Waals surface area contributed by atoms with Crippen LogP contribution in [0.1, 0.15) is 32.3 Å². The molecule has 182 valence electrons. The number of hydrogen-bond donors (Lipinski definition) is 1. The topological polar surface area (TPSA) is 93.0 Å². The highest BCUT2D eigenvalue weighted by molar-refractivity contribution is 7.99. The van der Waals surface area contributed by atoms with Gasteiger partial charge in [0.25, 0.3) is 0 Å². The number of amides is 2. The number of carbonyl (C=O) groups is 2. The number of thioether (sulfide) groups is 1. The van der Waals surface area contributed by atoms with Crippen LogP contribution in [0.2, 0.25) is 0 Å². The molecular formula is C26H30N6O2S. The lowest BCUT2D eigenvalue weighted by Crippen LogP contribution is -2.39. The van der Waals surface area contributed by atoms with Gasteiger partial charge in [-0.1, -0.05) is 62.0 Å². The Kier molecular flexibility index (Phi) is 7.97. The number of aromatic nitrogens is 4. The molecule has 2 amide bonds. The van der Waals surface area contributed by atoms with Crippen molar-refractivity contribution in [1.82, 2.24) is 24.6 Å². The van der Waals surface area contributed by atoms with Gasteiger partial charge < -0.3 is 14.8 Å². The third-order valence-electron chi connectivity index (χ3n) is 5.73. The largest absolute Gasteiger partial charge is 0.333 e. The van der Waals surface area contributed by atoms with E-state index in [9.17, 15) is 9.59 Å². The summed E-state index contributed by atoms with van der Waals surface area (Å²) < 4.78 is 2.16. The SMILES string of the molecule is CCCN(CC(=O)Nc1ccccc1C)C(=O)CSc1nnc2c3ccccc3n(CCC)c2n1. The van der Waals surface area contributed by atoms with Crippen molar-refractivity contribution in [1.29, 1.82) is 0 Å². The van der Waals surface area contributed by atoms with E-state index < -0.39 is 0 Å². The molecular weight excluding hydrogens is 460 g/mol. The van der Waals surface area contributed by atoms with Crippen LogP contribution in [0.25, 0.3) is 22.1 Å². The molecule has 0 aliphatic rings. The minimum atomic E-state index is -0.213. The Balaban J connectivity index is 1.46. The molecule has 0 saturated carbocycles. The third-order valence-corrected chi connectivity index (χ3v) is 6.55. The number of hydrogen-bond acceptors (Lipinski definition) is 6. The average Bonchev–Trinajstić information content (AvgIpc) is 3.17. The number of para-hydroxylation sites is 2. The van der Waals surface area contributed by atoms with Crippen LogP contribution in [-0.4, -0.2) is 55.3 Å². The van der Waals surface area contributed by atoms with Gasteiger partial charge in [-0.05, 0) is 37.5 Å². The van der Waals surface area contributed by atoms with E-state index >= 15 is 0 Å². The van der Waals surface area contributed by atoms with Gasteiger partial charge in [0.1, 0.15) is 5.52 Å². The first-order valence-corrected chi connectivity index (χ1v) is 12.9. The van der Waals surface area contributed by atoms with Crippen molar-refractivity contribution in [2.75, 3.05) is 24.2 Å². The summed E-state index contributed by atoms with van der Waals surface area (Å²) in [6.07, 6.45) is 1.73. The van der Waals surface area contributed by atoms with Crippen LogP contribution in [0.5, 0.6) is 0 Å². The summed E-state index contributed by atoms with van der Waals surface area (Å²) in [4.78, 5) is 31.9. The van der Waals surface area contributed by atoms with Gasteiger partial charge in [0.2, 0.25) is 17.0 Å². The van der Waals surface area contributed by atoms with Gasteiger partial charge in [0.15, 0.2) is 5.65 Å². The van der Waals surface area contributed by atoms with Crippen LogP contribution in [-0.2, 0) is 16.1 Å². The molecule has 9 heteroatoms. The smallest absolute Gasteiger partial charge is 0.244 e. The maximum Gasteiger partial charge on any atom is 0.244 e. The van der Waals surface area contributed by atoms with E-state index in [-0.39, 0.29) is 24.1 Å². The zero-order valence-electron chi connectivity index (χ0n) is 20.3. The van der Waals surface area contributed by atoms with Crippen molar-refractivity contribution in [2.24, 2.45) is 0 Å². The van der Waals surface area contributed by atoms with Crippen molar-refractivity contribution in [3.63, 3.8) is 0 Å². The van der Waals surface area contributed by atoms with Crippen LogP contribution in [0.4, 0.5) is 5.69 Å². The van der Waals surface area contributed by atoms with E-state index in [1.54, 1.807) is 4.90 Å². The van der Waals surface area contributed by atoms with Crippen LogP contribution in [0.3, 0.4) is 0 Å². The molecule has 0 fully saturated rings. The normalized spacial score (nSPS) is 11.2. The maximum atomic E-state index is 13.0. The third kappa shape index (κ3) is 5.62. The lowest BCUT2D eigenvalue weighted by molar-refractivity contribution is -0.132. The highest BCUT2D eigenvalue weighted by Crippen LogP contribution is 2.27. The first kappa shape index (κ1) is 24.7. The fraction of sp³-hybridized carbons (Fsp3) is 0.346. The molecule has 0 saturated heterocycles. The molecule has 0 aliphatic heterocycles. The fourth-order valence-electron chi connectivity index (χ4n) is 4.06. The van der Waals surface area contributed by atoms with Crippen molar-refractivity contribution >= 4 is 51.3 Å². The second-order valence-corrected chi connectivity index (χ2v) is 9.34. The van der Waals surface area contributed by atoms with E-state index in [4.69, 9.17) is 4.98 Å². The van der Waals surface area contributed by atoms with Gasteiger partial charge in [-0.3, -0.25) is 9.59 Å². The zero-order chi connectivity index (χ0) is 24.8. The molecule has 4 rings (SSSR count). The van der Waals surface area contributed by atoms with E-state index in [2.05, 4.69) is 33.1 Å². The van der Waals surface area contributed by atoms with E-state index in [0.29, 0.717) is 11.7 Å². The number of carbonyl (C=O) groups excluding carboxylic acids is 2. The van der Waals surface area contributed by atoms with Crippen molar-refractivity contribution in [3.8, 4) is 0 Å². The van der Waals surface area contributed by atoms with E-state index in [1.807, 2.05) is 56.3 Å². The maximum absolute atomic E-state index is 13.0. The predicted molar refractivity (Wildman–Crippen MR) is 141 cm³/mol. The van der Waals surface area contributed by atoms with Crippen LogP contribution < -0.4 is 5.32 Å². The van der Waals surface area contributed by atoms with Gasteiger partial charge in [-0.15, -0.1) is 10.2 Å². The number of rotatable bonds is 10. The minimum absolute atomic E-state index is 0.00441. The number of anilines is 1. The van der Waals surface area contributed by atoms with E-state index in [1.165, 1.54) is 11.8 Å². The molecule has 0 aliphatic carbocycles. The summed E-state index contributed by atoms with van der Waals surface area (Å²) in [7, 11) is 0. The molecule has 1 N–H and O–H groups in total. The summed E-state index contributed by atoms with van der Waals surface area (Å²) in [5.74, 6) is -0.206. The lowest BCUT2D eigenvalue weighted by Gasteiger charge is -2.21. The van der Waals surface area contributed by atoms with Crippen molar-refractivity contribution in [2.45, 2.75) is 45.3 Å². The summed E-state index contributed by atoms with van der Waals surface area (Å²) >= 11 is 1.25. The molecule has 0 atom stereocenters. The molecule has 2 aromatic heterocycles. The predicted octanol–water partition coefficient (Wildman–Crippen LogP) is 4.67. The number of nitrogens with zero attached hydrogens (tertiary/aromatic N) is 5. The second kappa shape index (κ2) is 11.3. The Morgan fingerprint density at radius 1 is 1.03 bits per heavy atom. The molecule has 2 heterocycles. The van der Waals surface area contributed by atoms with Crippen LogP contribution in [0, 0.1) is 6.92 Å². The van der Waals surface area contributed by atoms with Gasteiger partial charge in [-0.25, -0.2) is 4.98 Å². The quantitative estimate of drug-likeness (QED) is 0.325. The number of nitrogens with one attached hydrogen (secondary N) is 1. The molecule has 0 radical (unpaired) electrons. The van der Waals surface area contributed by atoms with Gasteiger partial charge in [0, 0.05) is 24.2 Å². The van der Waals surface area contributed by atoms with E-state index in [0.717, 1.165) is 52.7 Å². The van der Waals surface area contributed by atoms with Crippen molar-refractivity contribution in [3.05, 3.63) is 54.1 Å². The fourth-order valence-corrected chi connectivity index (χ4v) is 4.74. The molecule has 2 aromatic carbocycles. The summed E-state index contributed by atoms with van der Waals surface area (Å²) in [6.45, 7) is 7.38. The lowest BCUT2D eigenvalue weighted by atomic mass is 10.2. The Morgan fingerprint density at radius 3 is 2.57 bits per heavy atom. The summed E-state index contributed by atoms with van der Waals surface area (Å²) in [5.41, 5.74) is 4.36. The number of aryl methyl sites for hydroxylation is 2.